The van der Waals surface area contributed by atoms with Crippen LogP contribution in [0.4, 0.5) is 0 Å². The Morgan fingerprint density at radius 1 is 1.22 bits per heavy atom. The summed E-state index contributed by atoms with van der Waals surface area (Å²) >= 11 is 1.78. The molecule has 1 aromatic heterocycles. The molecule has 2 heterocycles. The van der Waals surface area contributed by atoms with Crippen molar-refractivity contribution in [3.8, 4) is 0 Å². The van der Waals surface area contributed by atoms with Crippen molar-refractivity contribution in [2.45, 2.75) is 37.8 Å². The molecule has 6 nitrogen and oxygen atoms in total. The number of nitrogens with zero attached hydrogens (tertiary/aromatic N) is 1. The molecule has 2 aromatic rings. The quantitative estimate of drug-likeness (QED) is 0.752. The monoisotopic (exact) mass is 386 g/mol. The van der Waals surface area contributed by atoms with E-state index in [1.54, 1.807) is 18.0 Å². The third kappa shape index (κ3) is 3.84. The van der Waals surface area contributed by atoms with E-state index >= 15 is 0 Å². The molecular formula is C20H26N4O2S. The van der Waals surface area contributed by atoms with Crippen LogP contribution in [0.3, 0.4) is 0 Å². The van der Waals surface area contributed by atoms with Crippen LogP contribution in [0.2, 0.25) is 0 Å². The van der Waals surface area contributed by atoms with Gasteiger partial charge in [-0.25, -0.2) is 0 Å². The van der Waals surface area contributed by atoms with E-state index in [2.05, 4.69) is 10.3 Å². The Labute approximate surface area is 163 Å². The fourth-order valence-electron chi connectivity index (χ4n) is 4.15. The molecule has 2 aliphatic rings. The summed E-state index contributed by atoms with van der Waals surface area (Å²) in [5.74, 6) is 2.04. The first-order valence-corrected chi connectivity index (χ1v) is 10.8. The van der Waals surface area contributed by atoms with Crippen molar-refractivity contribution in [3.63, 3.8) is 0 Å². The maximum Gasteiger partial charge on any atom is 0.253 e. The van der Waals surface area contributed by atoms with E-state index in [9.17, 15) is 9.59 Å². The molecule has 0 spiro atoms. The SMILES string of the molecule is NC(C(=O)N1CCSC1)C1CCC(NC(=O)c2c[nH]c3ccccc23)CC1. The van der Waals surface area contributed by atoms with Gasteiger partial charge < -0.3 is 20.9 Å². The molecule has 27 heavy (non-hydrogen) atoms. The number of amides is 2. The van der Waals surface area contributed by atoms with E-state index in [1.165, 1.54) is 0 Å². The average molecular weight is 387 g/mol. The second kappa shape index (κ2) is 7.94. The maximum atomic E-state index is 12.7. The number of para-hydroxylation sites is 1. The topological polar surface area (TPSA) is 91.2 Å². The van der Waals surface area contributed by atoms with Crippen LogP contribution in [0.1, 0.15) is 36.0 Å². The van der Waals surface area contributed by atoms with Gasteiger partial charge in [-0.15, -0.1) is 11.8 Å². The number of nitrogens with one attached hydrogen (secondary N) is 2. The summed E-state index contributed by atoms with van der Waals surface area (Å²) in [5, 5.41) is 4.10. The van der Waals surface area contributed by atoms with Crippen molar-refractivity contribution < 1.29 is 9.59 Å². The molecule has 144 valence electrons. The molecule has 1 atom stereocenters. The zero-order valence-electron chi connectivity index (χ0n) is 15.3. The van der Waals surface area contributed by atoms with Crippen LogP contribution in [0.5, 0.6) is 0 Å². The summed E-state index contributed by atoms with van der Waals surface area (Å²) in [6, 6.07) is 7.55. The van der Waals surface area contributed by atoms with Gasteiger partial charge in [0.2, 0.25) is 5.91 Å². The lowest BCUT2D eigenvalue weighted by Crippen LogP contribution is -2.49. The van der Waals surface area contributed by atoms with Crippen LogP contribution >= 0.6 is 11.8 Å². The minimum Gasteiger partial charge on any atom is -0.360 e. The second-order valence-corrected chi connectivity index (χ2v) is 8.57. The standard InChI is InChI=1S/C20H26N4O2S/c21-18(20(26)24-9-10-27-12-24)13-5-7-14(8-6-13)23-19(25)16-11-22-17-4-2-1-3-15(16)17/h1-4,11,13-14,18,22H,5-10,12,21H2,(H,23,25). The van der Waals surface area contributed by atoms with Crippen LogP contribution < -0.4 is 11.1 Å². The first kappa shape index (κ1) is 18.4. The Balaban J connectivity index is 1.31. The number of benzene rings is 1. The lowest BCUT2D eigenvalue weighted by Gasteiger charge is -2.33. The molecular weight excluding hydrogens is 360 g/mol. The van der Waals surface area contributed by atoms with Crippen molar-refractivity contribution in [2.24, 2.45) is 11.7 Å². The zero-order valence-corrected chi connectivity index (χ0v) is 16.1. The number of hydrogen-bond donors (Lipinski definition) is 3. The Hall–Kier alpha value is -1.99. The number of thioether (sulfide) groups is 1. The van der Waals surface area contributed by atoms with Crippen LogP contribution in [-0.4, -0.2) is 52.0 Å². The molecule has 7 heteroatoms. The highest BCUT2D eigenvalue weighted by Crippen LogP contribution is 2.28. The van der Waals surface area contributed by atoms with Gasteiger partial charge in [-0.2, -0.15) is 0 Å². The fourth-order valence-corrected chi connectivity index (χ4v) is 5.10. The number of carbonyl (C=O) groups is 2. The first-order valence-electron chi connectivity index (χ1n) is 9.62. The second-order valence-electron chi connectivity index (χ2n) is 7.50. The highest BCUT2D eigenvalue weighted by Gasteiger charge is 2.33. The van der Waals surface area contributed by atoms with Crippen molar-refractivity contribution in [2.75, 3.05) is 18.2 Å². The van der Waals surface area contributed by atoms with Gasteiger partial charge in [0.05, 0.1) is 17.5 Å². The van der Waals surface area contributed by atoms with Crippen molar-refractivity contribution >= 4 is 34.5 Å². The number of rotatable bonds is 4. The highest BCUT2D eigenvalue weighted by atomic mass is 32.2. The number of hydrogen-bond acceptors (Lipinski definition) is 4. The largest absolute Gasteiger partial charge is 0.360 e. The Morgan fingerprint density at radius 3 is 2.74 bits per heavy atom. The Morgan fingerprint density at radius 2 is 2.00 bits per heavy atom. The predicted octanol–water partition coefficient (Wildman–Crippen LogP) is 2.32. The molecule has 1 aromatic carbocycles. The third-order valence-electron chi connectivity index (χ3n) is 5.80. The summed E-state index contributed by atoms with van der Waals surface area (Å²) in [6.45, 7) is 0.813. The van der Waals surface area contributed by atoms with Gasteiger partial charge in [-0.1, -0.05) is 18.2 Å². The summed E-state index contributed by atoms with van der Waals surface area (Å²) in [7, 11) is 0. The number of nitrogens with two attached hydrogens (primary N) is 1. The maximum absolute atomic E-state index is 12.7. The molecule has 1 saturated carbocycles. The van der Waals surface area contributed by atoms with Gasteiger partial charge in [0, 0.05) is 35.4 Å². The van der Waals surface area contributed by atoms with Crippen LogP contribution in [0.25, 0.3) is 10.9 Å². The van der Waals surface area contributed by atoms with E-state index in [1.807, 2.05) is 29.2 Å². The van der Waals surface area contributed by atoms with E-state index in [0.717, 1.165) is 54.8 Å². The third-order valence-corrected chi connectivity index (χ3v) is 6.76. The van der Waals surface area contributed by atoms with Gasteiger partial charge in [0.1, 0.15) is 0 Å². The Bertz CT molecular complexity index is 822. The molecule has 0 bridgehead atoms. The number of aromatic amines is 1. The van der Waals surface area contributed by atoms with Gasteiger partial charge in [-0.05, 0) is 37.7 Å². The normalized spacial score (nSPS) is 24.1. The Kier molecular flexibility index (Phi) is 5.41. The summed E-state index contributed by atoms with van der Waals surface area (Å²) in [5.41, 5.74) is 7.92. The minimum absolute atomic E-state index is 0.0367. The molecule has 4 N–H and O–H groups in total. The van der Waals surface area contributed by atoms with E-state index in [4.69, 9.17) is 5.73 Å². The van der Waals surface area contributed by atoms with Crippen LogP contribution in [-0.2, 0) is 4.79 Å². The van der Waals surface area contributed by atoms with Gasteiger partial charge >= 0.3 is 0 Å². The molecule has 1 unspecified atom stereocenters. The molecule has 1 saturated heterocycles. The number of fused-ring (bicyclic) bond motifs is 1. The number of aromatic nitrogens is 1. The lowest BCUT2D eigenvalue weighted by molar-refractivity contribution is -0.132. The first-order chi connectivity index (χ1) is 13.1. The van der Waals surface area contributed by atoms with E-state index in [0.29, 0.717) is 5.56 Å². The van der Waals surface area contributed by atoms with Gasteiger partial charge in [0.15, 0.2) is 0 Å². The molecule has 1 aliphatic heterocycles. The van der Waals surface area contributed by atoms with E-state index < -0.39 is 6.04 Å². The highest BCUT2D eigenvalue weighted by molar-refractivity contribution is 7.99. The lowest BCUT2D eigenvalue weighted by atomic mass is 9.81. The van der Waals surface area contributed by atoms with Crippen LogP contribution in [0, 0.1) is 5.92 Å². The summed E-state index contributed by atoms with van der Waals surface area (Å²) in [4.78, 5) is 30.2. The molecule has 2 amide bonds. The zero-order chi connectivity index (χ0) is 18.8. The smallest absolute Gasteiger partial charge is 0.253 e. The molecule has 0 radical (unpaired) electrons. The summed E-state index contributed by atoms with van der Waals surface area (Å²) in [6.07, 6.45) is 5.27. The fraction of sp³-hybridized carbons (Fsp3) is 0.500. The average Bonchev–Trinajstić information content (AvgIpc) is 3.37. The molecule has 2 fully saturated rings. The molecule has 1 aliphatic carbocycles. The number of H-pyrrole nitrogens is 1. The number of carbonyl (C=O) groups excluding carboxylic acids is 2. The van der Waals surface area contributed by atoms with Crippen molar-refractivity contribution in [1.29, 1.82) is 0 Å². The van der Waals surface area contributed by atoms with E-state index in [-0.39, 0.29) is 23.8 Å². The molecule has 4 rings (SSSR count). The minimum atomic E-state index is -0.408. The van der Waals surface area contributed by atoms with Gasteiger partial charge in [-0.3, -0.25) is 9.59 Å². The van der Waals surface area contributed by atoms with Crippen molar-refractivity contribution in [3.05, 3.63) is 36.0 Å². The van der Waals surface area contributed by atoms with Gasteiger partial charge in [0.25, 0.3) is 5.91 Å². The predicted molar refractivity (Wildman–Crippen MR) is 109 cm³/mol. The van der Waals surface area contributed by atoms with Crippen LogP contribution in [0.15, 0.2) is 30.5 Å². The van der Waals surface area contributed by atoms with Crippen molar-refractivity contribution in [1.82, 2.24) is 15.2 Å². The summed E-state index contributed by atoms with van der Waals surface area (Å²) < 4.78 is 0.